The Morgan fingerprint density at radius 3 is 2.06 bits per heavy atom. The molecule has 0 heterocycles. The van der Waals surface area contributed by atoms with Crippen LogP contribution in [0.5, 0.6) is 0 Å². The number of carbonyl (C=O) groups excluding carboxylic acids is 1. The fourth-order valence-corrected chi connectivity index (χ4v) is 4.14. The molecule has 0 aliphatic heterocycles. The normalized spacial score (nSPS) is 10.7. The summed E-state index contributed by atoms with van der Waals surface area (Å²) in [6, 6.07) is 30.6. The molecule has 4 rings (SSSR count). The highest BCUT2D eigenvalue weighted by Crippen LogP contribution is 2.30. The van der Waals surface area contributed by atoms with E-state index in [0.29, 0.717) is 6.61 Å². The van der Waals surface area contributed by atoms with Crippen LogP contribution in [0.25, 0.3) is 38.6 Å². The van der Waals surface area contributed by atoms with Gasteiger partial charge in [-0.3, -0.25) is 0 Å². The second-order valence-corrected chi connectivity index (χ2v) is 8.67. The van der Waals surface area contributed by atoms with Crippen LogP contribution in [0.2, 0.25) is 0 Å². The first-order valence-electron chi connectivity index (χ1n) is 11.7. The van der Waals surface area contributed by atoms with Gasteiger partial charge in [0.15, 0.2) is 0 Å². The third-order valence-corrected chi connectivity index (χ3v) is 6.06. The molecule has 0 radical (unpaired) electrons. The number of fused-ring (bicyclic) bond motifs is 1. The van der Waals surface area contributed by atoms with E-state index < -0.39 is 0 Å². The molecule has 2 heteroatoms. The Kier molecular flexibility index (Phi) is 7.39. The predicted molar refractivity (Wildman–Crippen MR) is 144 cm³/mol. The zero-order chi connectivity index (χ0) is 23.9. The number of unbranched alkanes of at least 4 members (excludes halogenated alkanes) is 1. The molecule has 0 bridgehead atoms. The standard InChI is InChI=1S/C32H30O2/c1-4-32(33)34-18-6-5-9-24-10-7-12-26(19-24)28-14-16-31-22-29(15-17-30(31)21-28)27-13-8-11-25(20-27)23(2)3/h4,7-8,10-17,19-22H,1-2,5-6,9,18H2,3H3. The van der Waals surface area contributed by atoms with Crippen molar-refractivity contribution in [2.75, 3.05) is 6.61 Å². The summed E-state index contributed by atoms with van der Waals surface area (Å²) in [6.45, 7) is 9.96. The van der Waals surface area contributed by atoms with Crippen molar-refractivity contribution in [3.05, 3.63) is 115 Å². The van der Waals surface area contributed by atoms with Gasteiger partial charge in [0, 0.05) is 6.08 Å². The van der Waals surface area contributed by atoms with Gasteiger partial charge in [-0.25, -0.2) is 4.79 Å². The third kappa shape index (κ3) is 5.71. The number of rotatable bonds is 9. The first-order valence-corrected chi connectivity index (χ1v) is 11.7. The molecule has 34 heavy (non-hydrogen) atoms. The number of aryl methyl sites for hydroxylation is 1. The van der Waals surface area contributed by atoms with Crippen molar-refractivity contribution in [1.29, 1.82) is 0 Å². The summed E-state index contributed by atoms with van der Waals surface area (Å²) in [5, 5.41) is 2.46. The lowest BCUT2D eigenvalue weighted by atomic mass is 9.95. The van der Waals surface area contributed by atoms with Crippen molar-refractivity contribution < 1.29 is 9.53 Å². The van der Waals surface area contributed by atoms with Gasteiger partial charge in [-0.1, -0.05) is 85.5 Å². The van der Waals surface area contributed by atoms with Gasteiger partial charge in [0.1, 0.15) is 0 Å². The van der Waals surface area contributed by atoms with E-state index in [2.05, 4.69) is 98.1 Å². The molecule has 0 saturated carbocycles. The summed E-state index contributed by atoms with van der Waals surface area (Å²) in [7, 11) is 0. The van der Waals surface area contributed by atoms with E-state index in [9.17, 15) is 4.79 Å². The van der Waals surface area contributed by atoms with Gasteiger partial charge < -0.3 is 4.74 Å². The van der Waals surface area contributed by atoms with Crippen LogP contribution < -0.4 is 0 Å². The Labute approximate surface area is 202 Å². The van der Waals surface area contributed by atoms with Crippen molar-refractivity contribution in [2.45, 2.75) is 26.2 Å². The summed E-state index contributed by atoms with van der Waals surface area (Å²) in [4.78, 5) is 11.1. The van der Waals surface area contributed by atoms with Crippen LogP contribution >= 0.6 is 0 Å². The lowest BCUT2D eigenvalue weighted by molar-refractivity contribution is -0.137. The fourth-order valence-electron chi connectivity index (χ4n) is 4.14. The summed E-state index contributed by atoms with van der Waals surface area (Å²) in [6.07, 6.45) is 3.98. The van der Waals surface area contributed by atoms with Crippen LogP contribution in [0.3, 0.4) is 0 Å². The number of allylic oxidation sites excluding steroid dienone is 1. The molecule has 4 aromatic rings. The van der Waals surface area contributed by atoms with Crippen LogP contribution in [-0.4, -0.2) is 12.6 Å². The third-order valence-electron chi connectivity index (χ3n) is 6.06. The monoisotopic (exact) mass is 446 g/mol. The van der Waals surface area contributed by atoms with Gasteiger partial charge in [-0.15, -0.1) is 0 Å². The molecule has 0 aliphatic rings. The van der Waals surface area contributed by atoms with Crippen LogP contribution in [0.4, 0.5) is 0 Å². The zero-order valence-electron chi connectivity index (χ0n) is 19.7. The number of hydrogen-bond acceptors (Lipinski definition) is 2. The molecule has 0 amide bonds. The highest BCUT2D eigenvalue weighted by atomic mass is 16.5. The first-order chi connectivity index (χ1) is 16.5. The minimum Gasteiger partial charge on any atom is -0.463 e. The van der Waals surface area contributed by atoms with Gasteiger partial charge >= 0.3 is 5.97 Å². The molecular formula is C32H30O2. The van der Waals surface area contributed by atoms with E-state index in [1.165, 1.54) is 50.2 Å². The van der Waals surface area contributed by atoms with E-state index in [0.717, 1.165) is 24.8 Å². The Hall–Kier alpha value is -3.91. The van der Waals surface area contributed by atoms with Crippen molar-refractivity contribution in [3.8, 4) is 22.3 Å². The topological polar surface area (TPSA) is 26.3 Å². The van der Waals surface area contributed by atoms with Crippen LogP contribution in [-0.2, 0) is 16.0 Å². The fraction of sp³-hybridized carbons (Fsp3) is 0.156. The van der Waals surface area contributed by atoms with E-state index in [1.807, 2.05) is 6.92 Å². The maximum absolute atomic E-state index is 11.1. The van der Waals surface area contributed by atoms with Gasteiger partial charge in [-0.05, 0) is 88.5 Å². The predicted octanol–water partition coefficient (Wildman–Crippen LogP) is 8.26. The Balaban J connectivity index is 1.49. The quantitative estimate of drug-likeness (QED) is 0.147. The number of carbonyl (C=O) groups is 1. The van der Waals surface area contributed by atoms with Gasteiger partial charge in [0.25, 0.3) is 0 Å². The van der Waals surface area contributed by atoms with Gasteiger partial charge in [0.2, 0.25) is 0 Å². The number of esters is 1. The molecule has 0 fully saturated rings. The molecular weight excluding hydrogens is 416 g/mol. The molecule has 4 aromatic carbocycles. The van der Waals surface area contributed by atoms with Gasteiger partial charge in [0.05, 0.1) is 6.61 Å². The minimum atomic E-state index is -0.356. The van der Waals surface area contributed by atoms with E-state index >= 15 is 0 Å². The SMILES string of the molecule is C=CC(=O)OCCCCc1cccc(-c2ccc3cc(-c4cccc(C(=C)C)c4)ccc3c2)c1. The molecule has 0 saturated heterocycles. The van der Waals surface area contributed by atoms with E-state index in [-0.39, 0.29) is 5.97 Å². The summed E-state index contributed by atoms with van der Waals surface area (Å²) in [5.41, 5.74) is 8.39. The van der Waals surface area contributed by atoms with E-state index in [4.69, 9.17) is 4.74 Å². The number of hydrogen-bond donors (Lipinski definition) is 0. The first kappa shape index (κ1) is 23.3. The number of benzene rings is 4. The molecule has 170 valence electrons. The largest absolute Gasteiger partial charge is 0.463 e. The van der Waals surface area contributed by atoms with Crippen molar-refractivity contribution in [3.63, 3.8) is 0 Å². The molecule has 0 aliphatic carbocycles. The van der Waals surface area contributed by atoms with Crippen LogP contribution in [0, 0.1) is 0 Å². The summed E-state index contributed by atoms with van der Waals surface area (Å²) in [5.74, 6) is -0.356. The second kappa shape index (κ2) is 10.8. The molecule has 2 nitrogen and oxygen atoms in total. The zero-order valence-corrected chi connectivity index (χ0v) is 19.7. The smallest absolute Gasteiger partial charge is 0.330 e. The average molecular weight is 447 g/mol. The molecule has 0 spiro atoms. The van der Waals surface area contributed by atoms with Crippen LogP contribution in [0.1, 0.15) is 30.9 Å². The highest BCUT2D eigenvalue weighted by Gasteiger charge is 2.05. The minimum absolute atomic E-state index is 0.356. The summed E-state index contributed by atoms with van der Waals surface area (Å²) < 4.78 is 5.06. The molecule has 0 atom stereocenters. The van der Waals surface area contributed by atoms with Gasteiger partial charge in [-0.2, -0.15) is 0 Å². The number of ether oxygens (including phenoxy) is 1. The molecule has 0 aromatic heterocycles. The summed E-state index contributed by atoms with van der Waals surface area (Å²) >= 11 is 0. The van der Waals surface area contributed by atoms with Crippen LogP contribution in [0.15, 0.2) is 104 Å². The lowest BCUT2D eigenvalue weighted by Crippen LogP contribution is -2.02. The van der Waals surface area contributed by atoms with Crippen molar-refractivity contribution in [1.82, 2.24) is 0 Å². The molecule has 0 N–H and O–H groups in total. The van der Waals surface area contributed by atoms with Crippen molar-refractivity contribution >= 4 is 22.3 Å². The Morgan fingerprint density at radius 1 is 0.794 bits per heavy atom. The highest BCUT2D eigenvalue weighted by molar-refractivity contribution is 5.91. The maximum Gasteiger partial charge on any atom is 0.330 e. The van der Waals surface area contributed by atoms with E-state index in [1.54, 1.807) is 0 Å². The Bertz CT molecular complexity index is 1350. The average Bonchev–Trinajstić information content (AvgIpc) is 2.88. The van der Waals surface area contributed by atoms with Crippen molar-refractivity contribution in [2.24, 2.45) is 0 Å². The molecule has 0 unspecified atom stereocenters. The second-order valence-electron chi connectivity index (χ2n) is 8.67. The lowest BCUT2D eigenvalue weighted by Gasteiger charge is -2.10. The Morgan fingerprint density at radius 2 is 1.41 bits per heavy atom. The maximum atomic E-state index is 11.1.